The summed E-state index contributed by atoms with van der Waals surface area (Å²) in [7, 11) is 0. The predicted octanol–water partition coefficient (Wildman–Crippen LogP) is 3.12. The molecule has 2 aliphatic carbocycles. The summed E-state index contributed by atoms with van der Waals surface area (Å²) in [5, 5.41) is 64.8. The molecule has 0 aromatic rings. The third-order valence-corrected chi connectivity index (χ3v) is 12.9. The summed E-state index contributed by atoms with van der Waals surface area (Å²) in [6.07, 6.45) is -18.9. The third-order valence-electron chi connectivity index (χ3n) is 12.9. The van der Waals surface area contributed by atoms with Crippen molar-refractivity contribution in [1.29, 1.82) is 0 Å². The second-order valence-corrected chi connectivity index (χ2v) is 26.0. The summed E-state index contributed by atoms with van der Waals surface area (Å²) in [4.78, 5) is 80.0. The molecule has 0 aromatic heterocycles. The standard InChI is InChI=1S/C53H92N6O21/c1-48(2,3)76-43(65)54-24-21-29(60)40(64)57-31-34(61)32(58-46(68)79-51(10,11)12)39(73-41-28(56-45(67)78-50(7,8)9)20-19-27(71-41)25-55-44(66)77-49(4,5)6)36(63)38(31)74-42-35(62)33(59-47(69)80-52(13,14)15)37-30(72-42)26-70-53(75-37)22-17-16-18-23-53/h27-39,41-42,60-63H,16-26H2,1-15H3,(H,54,65)(H,55,66)(H,56,67)(H,57,64)(H,58,68)(H,59,69)/t27-,28?,29-,30?,31?,32-,33+,34-,35?,36?,37+,38-,39?,41+,42+/m0/s1. The highest BCUT2D eigenvalue weighted by Crippen LogP contribution is 2.42. The average Bonchev–Trinajstić information content (AvgIpc) is 3.29. The molecule has 3 aliphatic heterocycles. The van der Waals surface area contributed by atoms with Gasteiger partial charge in [0.05, 0.1) is 43.0 Å². The molecule has 3 saturated heterocycles. The minimum Gasteiger partial charge on any atom is -0.444 e. The Morgan fingerprint density at radius 2 is 1.02 bits per heavy atom. The van der Waals surface area contributed by atoms with E-state index in [1.165, 1.54) is 0 Å². The highest BCUT2D eigenvalue weighted by molar-refractivity contribution is 5.81. The number of alkyl carbamates (subject to hydrolysis) is 5. The molecule has 460 valence electrons. The lowest BCUT2D eigenvalue weighted by Crippen LogP contribution is -2.75. The highest BCUT2D eigenvalue weighted by Gasteiger charge is 2.59. The first-order valence-electron chi connectivity index (χ1n) is 27.7. The van der Waals surface area contributed by atoms with Crippen molar-refractivity contribution < 1.29 is 101 Å². The van der Waals surface area contributed by atoms with Crippen LogP contribution < -0.4 is 31.9 Å². The van der Waals surface area contributed by atoms with Crippen molar-refractivity contribution in [3.8, 4) is 0 Å². The average molecular weight is 1150 g/mol. The van der Waals surface area contributed by atoms with Gasteiger partial charge in [-0.3, -0.25) is 4.79 Å². The van der Waals surface area contributed by atoms with Crippen LogP contribution in [-0.2, 0) is 56.9 Å². The fourth-order valence-electron chi connectivity index (χ4n) is 9.70. The lowest BCUT2D eigenvalue weighted by atomic mass is 9.80. The first-order chi connectivity index (χ1) is 36.8. The highest BCUT2D eigenvalue weighted by atomic mass is 16.8. The van der Waals surface area contributed by atoms with Gasteiger partial charge in [-0.1, -0.05) is 6.42 Å². The van der Waals surface area contributed by atoms with Crippen LogP contribution in [0.2, 0.25) is 0 Å². The van der Waals surface area contributed by atoms with Gasteiger partial charge in [-0.05, 0) is 136 Å². The number of hydrogen-bond donors (Lipinski definition) is 10. The van der Waals surface area contributed by atoms with E-state index in [0.29, 0.717) is 12.8 Å². The zero-order valence-electron chi connectivity index (χ0n) is 49.2. The Hall–Kier alpha value is -4.58. The van der Waals surface area contributed by atoms with Gasteiger partial charge >= 0.3 is 30.5 Å². The summed E-state index contributed by atoms with van der Waals surface area (Å²) in [5.41, 5.74) is -4.72. The second kappa shape index (κ2) is 26.8. The number of amides is 6. The number of ether oxygens (including phenoxy) is 11. The minimum atomic E-state index is -2.10. The number of carbonyl (C=O) groups is 6. The monoisotopic (exact) mass is 1150 g/mol. The Morgan fingerprint density at radius 1 is 0.550 bits per heavy atom. The van der Waals surface area contributed by atoms with Gasteiger partial charge in [-0.25, -0.2) is 24.0 Å². The SMILES string of the molecule is CC(C)(C)OC(=O)NCC[C@H](O)C(=O)NC1[C@H](O[C@H]2OC3COC4(CCCCC4)O[C@H]3[C@H](NC(=O)OC(C)(C)C)C2O)C(O)C(O[C@H]2O[C@H](CNC(=O)OC(C)(C)C)CCC2NC(=O)OC(C)(C)C)[C@@H](NC(=O)OC(C)(C)C)[C@H]1O. The van der Waals surface area contributed by atoms with Crippen LogP contribution in [0.5, 0.6) is 0 Å². The Balaban J connectivity index is 1.56. The van der Waals surface area contributed by atoms with Crippen molar-refractivity contribution in [2.45, 2.75) is 281 Å². The van der Waals surface area contributed by atoms with E-state index in [-0.39, 0.29) is 39.0 Å². The summed E-state index contributed by atoms with van der Waals surface area (Å²) < 4.78 is 66.3. The van der Waals surface area contributed by atoms with Gasteiger partial charge in [0.25, 0.3) is 0 Å². The molecule has 27 nitrogen and oxygen atoms in total. The van der Waals surface area contributed by atoms with E-state index in [1.807, 2.05) is 0 Å². The van der Waals surface area contributed by atoms with Gasteiger partial charge in [0, 0.05) is 25.9 Å². The normalized spacial score (nSPS) is 31.4. The number of carbonyl (C=O) groups excluding carboxylic acids is 6. The van der Waals surface area contributed by atoms with Crippen molar-refractivity contribution >= 4 is 36.4 Å². The number of hydrogen-bond acceptors (Lipinski definition) is 21. The molecular formula is C53H92N6O21. The van der Waals surface area contributed by atoms with E-state index in [0.717, 1.165) is 19.3 Å². The Labute approximate surface area is 468 Å². The number of fused-ring (bicyclic) bond motifs is 1. The van der Waals surface area contributed by atoms with E-state index < -0.39 is 162 Å². The van der Waals surface area contributed by atoms with Gasteiger partial charge in [-0.15, -0.1) is 0 Å². The molecule has 80 heavy (non-hydrogen) atoms. The maximum Gasteiger partial charge on any atom is 0.408 e. The lowest BCUT2D eigenvalue weighted by molar-refractivity contribution is -0.390. The molecule has 0 bridgehead atoms. The predicted molar refractivity (Wildman–Crippen MR) is 281 cm³/mol. The molecule has 1 spiro atoms. The molecule has 6 amide bonds. The van der Waals surface area contributed by atoms with E-state index >= 15 is 0 Å². The van der Waals surface area contributed by atoms with Crippen LogP contribution in [-0.4, -0.2) is 202 Å². The smallest absolute Gasteiger partial charge is 0.408 e. The van der Waals surface area contributed by atoms with Crippen molar-refractivity contribution in [1.82, 2.24) is 31.9 Å². The summed E-state index contributed by atoms with van der Waals surface area (Å²) in [5.74, 6) is -2.19. The van der Waals surface area contributed by atoms with E-state index in [1.54, 1.807) is 104 Å². The molecule has 3 heterocycles. The van der Waals surface area contributed by atoms with Crippen LogP contribution in [0.25, 0.3) is 0 Å². The quantitative estimate of drug-likeness (QED) is 0.112. The first kappa shape index (κ1) is 66.2. The molecule has 5 aliphatic rings. The summed E-state index contributed by atoms with van der Waals surface area (Å²) in [6, 6.07) is -6.00. The van der Waals surface area contributed by atoms with Crippen LogP contribution in [0.4, 0.5) is 24.0 Å². The summed E-state index contributed by atoms with van der Waals surface area (Å²) in [6.45, 7) is 24.2. The Morgan fingerprint density at radius 3 is 1.56 bits per heavy atom. The van der Waals surface area contributed by atoms with Gasteiger partial charge in [0.1, 0.15) is 70.7 Å². The van der Waals surface area contributed by atoms with Gasteiger partial charge in [0.2, 0.25) is 5.91 Å². The van der Waals surface area contributed by atoms with Crippen LogP contribution in [0.15, 0.2) is 0 Å². The van der Waals surface area contributed by atoms with Crippen molar-refractivity contribution in [2.24, 2.45) is 0 Å². The first-order valence-corrected chi connectivity index (χ1v) is 27.7. The maximum absolute atomic E-state index is 14.1. The molecule has 5 fully saturated rings. The zero-order valence-corrected chi connectivity index (χ0v) is 49.2. The largest absolute Gasteiger partial charge is 0.444 e. The molecule has 6 unspecified atom stereocenters. The molecule has 5 rings (SSSR count). The number of aliphatic hydroxyl groups is 4. The Kier molecular flexibility index (Phi) is 22.2. The molecule has 2 saturated carbocycles. The number of nitrogens with one attached hydrogen (secondary N) is 6. The van der Waals surface area contributed by atoms with E-state index in [9.17, 15) is 49.2 Å². The fourth-order valence-corrected chi connectivity index (χ4v) is 9.70. The maximum atomic E-state index is 14.1. The number of rotatable bonds is 14. The lowest BCUT2D eigenvalue weighted by Gasteiger charge is -2.54. The van der Waals surface area contributed by atoms with Gasteiger partial charge in [0.15, 0.2) is 18.4 Å². The molecule has 10 N–H and O–H groups in total. The van der Waals surface area contributed by atoms with E-state index in [2.05, 4.69) is 31.9 Å². The molecular weight excluding hydrogens is 1060 g/mol. The topological polar surface area (TPSA) is 357 Å². The van der Waals surface area contributed by atoms with Crippen molar-refractivity contribution in [3.63, 3.8) is 0 Å². The van der Waals surface area contributed by atoms with Crippen LogP contribution in [0.1, 0.15) is 155 Å². The second-order valence-electron chi connectivity index (χ2n) is 26.0. The van der Waals surface area contributed by atoms with Crippen molar-refractivity contribution in [3.05, 3.63) is 0 Å². The number of aliphatic hydroxyl groups excluding tert-OH is 4. The Bertz CT molecular complexity index is 2100. The van der Waals surface area contributed by atoms with Gasteiger partial charge in [-0.2, -0.15) is 0 Å². The molecule has 0 radical (unpaired) electrons. The molecule has 27 heteroatoms. The van der Waals surface area contributed by atoms with Crippen molar-refractivity contribution in [2.75, 3.05) is 19.7 Å². The molecule has 15 atom stereocenters. The summed E-state index contributed by atoms with van der Waals surface area (Å²) >= 11 is 0. The van der Waals surface area contributed by atoms with Crippen LogP contribution >= 0.6 is 0 Å². The van der Waals surface area contributed by atoms with Gasteiger partial charge < -0.3 is 104 Å². The van der Waals surface area contributed by atoms with Crippen LogP contribution in [0, 0.1) is 0 Å². The van der Waals surface area contributed by atoms with Crippen LogP contribution in [0.3, 0.4) is 0 Å². The fraction of sp³-hybridized carbons (Fsp3) is 0.887. The van der Waals surface area contributed by atoms with E-state index in [4.69, 9.17) is 52.1 Å². The zero-order chi connectivity index (χ0) is 59.9. The minimum absolute atomic E-state index is 0.105. The molecule has 0 aromatic carbocycles. The third kappa shape index (κ3) is 20.4.